The average molecular weight is 423 g/mol. The molecule has 5 heteroatoms. The molecule has 2 atom stereocenters. The molecule has 0 aromatic carbocycles. The molecular weight excluding hydrogens is 387 g/mol. The van der Waals surface area contributed by atoms with E-state index in [0.717, 1.165) is 42.9 Å². The molecule has 1 fully saturated rings. The Morgan fingerprint density at radius 2 is 2.10 bits per heavy atom. The molecule has 0 saturated carbocycles. The van der Waals surface area contributed by atoms with Gasteiger partial charge in [0.25, 0.3) is 0 Å². The van der Waals surface area contributed by atoms with Gasteiger partial charge in [0, 0.05) is 19.7 Å². The highest BCUT2D eigenvalue weighted by atomic mass is 19.1. The smallest absolute Gasteiger partial charge is 0.122 e. The minimum absolute atomic E-state index is 0.155. The minimum Gasteiger partial charge on any atom is -0.317 e. The van der Waals surface area contributed by atoms with Crippen molar-refractivity contribution >= 4 is 5.57 Å². The van der Waals surface area contributed by atoms with Crippen LogP contribution in [0.1, 0.15) is 80.9 Å². The molecule has 2 aromatic rings. The fourth-order valence-electron chi connectivity index (χ4n) is 4.99. The number of alkyl halides is 1. The van der Waals surface area contributed by atoms with E-state index in [4.69, 9.17) is 10.1 Å². The summed E-state index contributed by atoms with van der Waals surface area (Å²) in [6.45, 7) is 6.46. The van der Waals surface area contributed by atoms with Crippen molar-refractivity contribution in [1.29, 1.82) is 0 Å². The first-order valence-corrected chi connectivity index (χ1v) is 11.8. The van der Waals surface area contributed by atoms with Crippen LogP contribution in [0.25, 0.3) is 5.57 Å². The standard InChI is InChI=1S/C26H35FN4/c1-4-5-6-19(2)21-9-12-24(29-18-21)26(13-15-28-16-14-26)25-17-23(30-31(25)3)20-7-10-22(27)11-8-20/h7-10,12,17-19,22,28H,4-6,11,13-16H2,1-3H3. The first-order chi connectivity index (χ1) is 15.0. The highest BCUT2D eigenvalue weighted by molar-refractivity contribution is 5.73. The second-order valence-electron chi connectivity index (χ2n) is 9.16. The van der Waals surface area contributed by atoms with Crippen molar-refractivity contribution in [1.82, 2.24) is 20.1 Å². The monoisotopic (exact) mass is 422 g/mol. The van der Waals surface area contributed by atoms with Gasteiger partial charge in [0.2, 0.25) is 0 Å². The second kappa shape index (κ2) is 9.47. The molecule has 2 aliphatic rings. The summed E-state index contributed by atoms with van der Waals surface area (Å²) in [4.78, 5) is 5.01. The Balaban J connectivity index is 1.67. The van der Waals surface area contributed by atoms with Crippen LogP contribution >= 0.6 is 0 Å². The Bertz CT molecular complexity index is 935. The van der Waals surface area contributed by atoms with Crippen LogP contribution in [0, 0.1) is 0 Å². The number of rotatable bonds is 7. The number of pyridine rings is 1. The van der Waals surface area contributed by atoms with Gasteiger partial charge < -0.3 is 5.32 Å². The van der Waals surface area contributed by atoms with Gasteiger partial charge in [-0.15, -0.1) is 0 Å². The van der Waals surface area contributed by atoms with E-state index in [1.54, 1.807) is 6.08 Å². The third kappa shape index (κ3) is 4.52. The van der Waals surface area contributed by atoms with Crippen molar-refractivity contribution in [2.45, 2.75) is 69.9 Å². The van der Waals surface area contributed by atoms with E-state index in [9.17, 15) is 4.39 Å². The number of nitrogens with one attached hydrogen (secondary N) is 1. The van der Waals surface area contributed by atoms with Gasteiger partial charge in [-0.25, -0.2) is 4.39 Å². The summed E-state index contributed by atoms with van der Waals surface area (Å²) in [5.74, 6) is 0.540. The lowest BCUT2D eigenvalue weighted by molar-refractivity contribution is 0.335. The van der Waals surface area contributed by atoms with Crippen LogP contribution in [-0.4, -0.2) is 34.0 Å². The zero-order chi connectivity index (χ0) is 21.8. The fourth-order valence-corrected chi connectivity index (χ4v) is 4.99. The van der Waals surface area contributed by atoms with Gasteiger partial charge in [-0.3, -0.25) is 9.67 Å². The Labute approximate surface area is 185 Å². The first-order valence-electron chi connectivity index (χ1n) is 11.8. The summed E-state index contributed by atoms with van der Waals surface area (Å²) in [5.41, 5.74) is 5.42. The number of allylic oxidation sites excluding steroid dienone is 4. The molecular formula is C26H35FN4. The van der Waals surface area contributed by atoms with E-state index in [1.165, 1.54) is 30.5 Å². The Kier molecular flexibility index (Phi) is 6.71. The van der Waals surface area contributed by atoms with Crippen LogP contribution in [0.5, 0.6) is 0 Å². The zero-order valence-corrected chi connectivity index (χ0v) is 19.1. The Morgan fingerprint density at radius 3 is 2.74 bits per heavy atom. The largest absolute Gasteiger partial charge is 0.317 e. The van der Waals surface area contributed by atoms with Crippen molar-refractivity contribution in [3.63, 3.8) is 0 Å². The number of halogens is 1. The number of aromatic nitrogens is 3. The lowest BCUT2D eigenvalue weighted by Gasteiger charge is -2.37. The number of nitrogens with zero attached hydrogens (tertiary/aromatic N) is 3. The molecule has 4 nitrogen and oxygen atoms in total. The summed E-state index contributed by atoms with van der Waals surface area (Å²) in [6.07, 6.45) is 12.7. The molecule has 1 saturated heterocycles. The van der Waals surface area contributed by atoms with Gasteiger partial charge in [-0.1, -0.05) is 44.9 Å². The molecule has 2 unspecified atom stereocenters. The van der Waals surface area contributed by atoms with Crippen LogP contribution in [-0.2, 0) is 12.5 Å². The van der Waals surface area contributed by atoms with Crippen molar-refractivity contribution in [2.24, 2.45) is 7.05 Å². The molecule has 1 N–H and O–H groups in total. The number of hydrogen-bond acceptors (Lipinski definition) is 3. The third-order valence-corrected chi connectivity index (χ3v) is 7.01. The predicted octanol–water partition coefficient (Wildman–Crippen LogP) is 5.46. The van der Waals surface area contributed by atoms with Crippen LogP contribution < -0.4 is 5.32 Å². The van der Waals surface area contributed by atoms with Crippen LogP contribution in [0.3, 0.4) is 0 Å². The van der Waals surface area contributed by atoms with E-state index in [1.807, 2.05) is 23.9 Å². The Morgan fingerprint density at radius 1 is 1.29 bits per heavy atom. The SMILES string of the molecule is CCCCC(C)c1ccc(C2(c3cc(C4=CCC(F)C=C4)nn3C)CCNCC2)nc1. The lowest BCUT2D eigenvalue weighted by Crippen LogP contribution is -2.42. The molecule has 31 heavy (non-hydrogen) atoms. The molecule has 0 radical (unpaired) electrons. The Hall–Kier alpha value is -2.27. The highest BCUT2D eigenvalue weighted by Gasteiger charge is 2.40. The maximum Gasteiger partial charge on any atom is 0.122 e. The quantitative estimate of drug-likeness (QED) is 0.644. The summed E-state index contributed by atoms with van der Waals surface area (Å²) < 4.78 is 15.5. The lowest BCUT2D eigenvalue weighted by atomic mass is 9.72. The molecule has 0 amide bonds. The third-order valence-electron chi connectivity index (χ3n) is 7.01. The highest BCUT2D eigenvalue weighted by Crippen LogP contribution is 2.40. The van der Waals surface area contributed by atoms with Crippen molar-refractivity contribution in [2.75, 3.05) is 13.1 Å². The zero-order valence-electron chi connectivity index (χ0n) is 19.1. The predicted molar refractivity (Wildman–Crippen MR) is 125 cm³/mol. The van der Waals surface area contributed by atoms with Crippen molar-refractivity contribution in [3.05, 3.63) is 65.3 Å². The van der Waals surface area contributed by atoms with E-state index in [0.29, 0.717) is 12.3 Å². The molecule has 0 spiro atoms. The number of unbranched alkanes of at least 4 members (excludes halogenated alkanes) is 1. The van der Waals surface area contributed by atoms with E-state index >= 15 is 0 Å². The van der Waals surface area contributed by atoms with E-state index < -0.39 is 6.17 Å². The summed E-state index contributed by atoms with van der Waals surface area (Å²) >= 11 is 0. The van der Waals surface area contributed by atoms with Crippen LogP contribution in [0.4, 0.5) is 4.39 Å². The van der Waals surface area contributed by atoms with Gasteiger partial charge >= 0.3 is 0 Å². The summed E-state index contributed by atoms with van der Waals surface area (Å²) in [6, 6.07) is 6.71. The number of hydrogen-bond donors (Lipinski definition) is 1. The van der Waals surface area contributed by atoms with Gasteiger partial charge in [-0.05, 0) is 67.6 Å². The van der Waals surface area contributed by atoms with Gasteiger partial charge in [0.15, 0.2) is 0 Å². The molecule has 1 aliphatic carbocycles. The van der Waals surface area contributed by atoms with E-state index in [-0.39, 0.29) is 5.41 Å². The summed E-state index contributed by atoms with van der Waals surface area (Å²) in [5, 5.41) is 8.32. The average Bonchev–Trinajstić information content (AvgIpc) is 3.20. The van der Waals surface area contributed by atoms with Crippen LogP contribution in [0.15, 0.2) is 42.6 Å². The van der Waals surface area contributed by atoms with Crippen molar-refractivity contribution in [3.8, 4) is 0 Å². The van der Waals surface area contributed by atoms with Gasteiger partial charge in [0.05, 0.1) is 22.5 Å². The molecule has 166 valence electrons. The number of piperidine rings is 1. The second-order valence-corrected chi connectivity index (χ2v) is 9.16. The topological polar surface area (TPSA) is 42.7 Å². The molecule has 1 aliphatic heterocycles. The van der Waals surface area contributed by atoms with Gasteiger partial charge in [-0.2, -0.15) is 5.10 Å². The van der Waals surface area contributed by atoms with Crippen molar-refractivity contribution < 1.29 is 4.39 Å². The van der Waals surface area contributed by atoms with E-state index in [2.05, 4.69) is 43.6 Å². The maximum absolute atomic E-state index is 13.5. The minimum atomic E-state index is -0.884. The summed E-state index contributed by atoms with van der Waals surface area (Å²) in [7, 11) is 2.02. The first kappa shape index (κ1) is 21.9. The maximum atomic E-state index is 13.5. The molecule has 2 aromatic heterocycles. The fraction of sp³-hybridized carbons (Fsp3) is 0.538. The molecule has 0 bridgehead atoms. The molecule has 3 heterocycles. The van der Waals surface area contributed by atoms with Gasteiger partial charge in [0.1, 0.15) is 6.17 Å². The number of aryl methyl sites for hydroxylation is 1. The van der Waals surface area contributed by atoms with Crippen LogP contribution in [0.2, 0.25) is 0 Å². The molecule has 4 rings (SSSR count). The normalized spacial score (nSPS) is 21.7.